The van der Waals surface area contributed by atoms with Gasteiger partial charge in [0.2, 0.25) is 0 Å². The van der Waals surface area contributed by atoms with Gasteiger partial charge in [-0.2, -0.15) is 0 Å². The molecule has 2 aromatic rings. The summed E-state index contributed by atoms with van der Waals surface area (Å²) in [6.07, 6.45) is 0. The number of hydrogen-bond acceptors (Lipinski definition) is 4. The lowest BCUT2D eigenvalue weighted by Crippen LogP contribution is -2.31. The third kappa shape index (κ3) is 3.57. The van der Waals surface area contributed by atoms with Crippen molar-refractivity contribution in [3.63, 3.8) is 0 Å². The van der Waals surface area contributed by atoms with E-state index in [-0.39, 0.29) is 5.91 Å². The van der Waals surface area contributed by atoms with Crippen LogP contribution in [0.2, 0.25) is 0 Å². The Kier molecular flexibility index (Phi) is 5.25. The van der Waals surface area contributed by atoms with Gasteiger partial charge in [0.1, 0.15) is 11.3 Å². The Morgan fingerprint density at radius 2 is 2.14 bits per heavy atom. The van der Waals surface area contributed by atoms with Gasteiger partial charge in [-0.25, -0.2) is 0 Å². The topological polar surface area (TPSA) is 55.6 Å². The number of halogens is 1. The normalized spacial score (nSPS) is 10.4. The molecule has 0 aliphatic heterocycles. The summed E-state index contributed by atoms with van der Waals surface area (Å²) >= 11 is 5.05. The summed E-state index contributed by atoms with van der Waals surface area (Å²) in [6, 6.07) is 9.23. The van der Waals surface area contributed by atoms with Gasteiger partial charge in [0, 0.05) is 17.1 Å². The lowest BCUT2D eigenvalue weighted by atomic mass is 10.1. The molecule has 0 aliphatic rings. The highest BCUT2D eigenvalue weighted by Crippen LogP contribution is 2.28. The largest absolute Gasteiger partial charge is 0.496 e. The molecular formula is C15H17BrN2O2S. The van der Waals surface area contributed by atoms with Crippen LogP contribution in [0.4, 0.5) is 5.69 Å². The number of nitrogen functional groups attached to an aromatic ring is 1. The number of ether oxygens (including phenoxy) is 1. The Balaban J connectivity index is 2.28. The molecule has 112 valence electrons. The number of amides is 1. The van der Waals surface area contributed by atoms with Crippen molar-refractivity contribution in [3.05, 3.63) is 44.6 Å². The molecule has 21 heavy (non-hydrogen) atoms. The molecule has 6 heteroatoms. The fraction of sp³-hybridized carbons (Fsp3) is 0.267. The highest BCUT2D eigenvalue weighted by Gasteiger charge is 2.21. The lowest BCUT2D eigenvalue weighted by Gasteiger charge is -2.22. The van der Waals surface area contributed by atoms with E-state index in [1.54, 1.807) is 34.4 Å². The SMILES string of the molecule is CCN(Cc1ccc(Br)s1)C(=O)c1c(N)cccc1OC. The third-order valence-corrected chi connectivity index (χ3v) is 4.75. The van der Waals surface area contributed by atoms with Crippen LogP contribution in [0.3, 0.4) is 0 Å². The zero-order chi connectivity index (χ0) is 15.4. The van der Waals surface area contributed by atoms with E-state index in [4.69, 9.17) is 10.5 Å². The van der Waals surface area contributed by atoms with Crippen LogP contribution in [0.1, 0.15) is 22.2 Å². The molecule has 0 radical (unpaired) electrons. The van der Waals surface area contributed by atoms with Crippen molar-refractivity contribution in [1.29, 1.82) is 0 Å². The number of thiophene rings is 1. The number of anilines is 1. The minimum Gasteiger partial charge on any atom is -0.496 e. The Hall–Kier alpha value is -1.53. The number of benzene rings is 1. The maximum absolute atomic E-state index is 12.7. The first-order valence-electron chi connectivity index (χ1n) is 6.52. The zero-order valence-corrected chi connectivity index (χ0v) is 14.3. The molecule has 1 amide bonds. The number of carbonyl (C=O) groups is 1. The van der Waals surface area contributed by atoms with E-state index in [1.165, 1.54) is 7.11 Å². The quantitative estimate of drug-likeness (QED) is 0.817. The Labute approximate surface area is 136 Å². The summed E-state index contributed by atoms with van der Waals surface area (Å²) in [5.74, 6) is 0.391. The van der Waals surface area contributed by atoms with Gasteiger partial charge < -0.3 is 15.4 Å². The Morgan fingerprint density at radius 1 is 1.38 bits per heavy atom. The van der Waals surface area contributed by atoms with Crippen molar-refractivity contribution < 1.29 is 9.53 Å². The highest BCUT2D eigenvalue weighted by atomic mass is 79.9. The average Bonchev–Trinajstić information content (AvgIpc) is 2.89. The van der Waals surface area contributed by atoms with Gasteiger partial charge in [0.05, 0.1) is 17.4 Å². The number of carbonyl (C=O) groups excluding carboxylic acids is 1. The van der Waals surface area contributed by atoms with Gasteiger partial charge in [0.15, 0.2) is 0 Å². The fourth-order valence-corrected chi connectivity index (χ4v) is 3.56. The van der Waals surface area contributed by atoms with E-state index in [0.29, 0.717) is 30.1 Å². The van der Waals surface area contributed by atoms with Gasteiger partial charge in [-0.05, 0) is 47.1 Å². The molecule has 0 fully saturated rings. The number of rotatable bonds is 5. The molecule has 0 atom stereocenters. The molecule has 0 bridgehead atoms. The van der Waals surface area contributed by atoms with Gasteiger partial charge >= 0.3 is 0 Å². The molecule has 2 rings (SSSR count). The van der Waals surface area contributed by atoms with E-state index >= 15 is 0 Å². The predicted octanol–water partition coefficient (Wildman–Crippen LogP) is 3.76. The zero-order valence-electron chi connectivity index (χ0n) is 11.9. The molecule has 1 heterocycles. The summed E-state index contributed by atoms with van der Waals surface area (Å²) in [5.41, 5.74) is 6.82. The minimum absolute atomic E-state index is 0.114. The smallest absolute Gasteiger partial charge is 0.260 e. The van der Waals surface area contributed by atoms with Crippen molar-refractivity contribution in [1.82, 2.24) is 4.90 Å². The molecule has 0 unspecified atom stereocenters. The van der Waals surface area contributed by atoms with Crippen LogP contribution >= 0.6 is 27.3 Å². The van der Waals surface area contributed by atoms with Crippen molar-refractivity contribution >= 4 is 38.9 Å². The highest BCUT2D eigenvalue weighted by molar-refractivity contribution is 9.11. The summed E-state index contributed by atoms with van der Waals surface area (Å²) in [5, 5.41) is 0. The molecule has 1 aromatic heterocycles. The molecular weight excluding hydrogens is 352 g/mol. The van der Waals surface area contributed by atoms with Crippen LogP contribution < -0.4 is 10.5 Å². The number of methoxy groups -OCH3 is 1. The van der Waals surface area contributed by atoms with Crippen molar-refractivity contribution in [2.45, 2.75) is 13.5 Å². The van der Waals surface area contributed by atoms with Crippen molar-refractivity contribution in [2.24, 2.45) is 0 Å². The molecule has 0 spiro atoms. The second-order valence-electron chi connectivity index (χ2n) is 4.45. The first-order valence-corrected chi connectivity index (χ1v) is 8.13. The van der Waals surface area contributed by atoms with Gasteiger partial charge in [-0.3, -0.25) is 4.79 Å². The van der Waals surface area contributed by atoms with Crippen LogP contribution in [-0.2, 0) is 6.54 Å². The van der Waals surface area contributed by atoms with E-state index < -0.39 is 0 Å². The van der Waals surface area contributed by atoms with Crippen LogP contribution in [-0.4, -0.2) is 24.5 Å². The van der Waals surface area contributed by atoms with Crippen LogP contribution in [0.25, 0.3) is 0 Å². The average molecular weight is 369 g/mol. The van der Waals surface area contributed by atoms with E-state index in [0.717, 1.165) is 8.66 Å². The lowest BCUT2D eigenvalue weighted by molar-refractivity contribution is 0.0752. The number of nitrogens with zero attached hydrogens (tertiary/aromatic N) is 1. The van der Waals surface area contributed by atoms with Crippen LogP contribution in [0, 0.1) is 0 Å². The maximum Gasteiger partial charge on any atom is 0.260 e. The van der Waals surface area contributed by atoms with Crippen molar-refractivity contribution in [3.8, 4) is 5.75 Å². The molecule has 4 nitrogen and oxygen atoms in total. The summed E-state index contributed by atoms with van der Waals surface area (Å²) in [6.45, 7) is 3.11. The summed E-state index contributed by atoms with van der Waals surface area (Å²) in [4.78, 5) is 15.6. The van der Waals surface area contributed by atoms with Gasteiger partial charge in [-0.15, -0.1) is 11.3 Å². The minimum atomic E-state index is -0.114. The Morgan fingerprint density at radius 3 is 2.71 bits per heavy atom. The van der Waals surface area contributed by atoms with Gasteiger partial charge in [-0.1, -0.05) is 6.07 Å². The van der Waals surface area contributed by atoms with Crippen molar-refractivity contribution in [2.75, 3.05) is 19.4 Å². The molecule has 0 saturated heterocycles. The standard InChI is InChI=1S/C15H17BrN2O2S/c1-3-18(9-10-7-8-13(16)21-10)15(19)14-11(17)5-4-6-12(14)20-2/h4-8H,3,9,17H2,1-2H3. The first-order chi connectivity index (χ1) is 10.1. The van der Waals surface area contributed by atoms with Gasteiger partial charge in [0.25, 0.3) is 5.91 Å². The monoisotopic (exact) mass is 368 g/mol. The fourth-order valence-electron chi connectivity index (χ4n) is 2.06. The second-order valence-corrected chi connectivity index (χ2v) is 7.00. The molecule has 0 saturated carbocycles. The Bertz CT molecular complexity index is 642. The molecule has 0 aliphatic carbocycles. The first kappa shape index (κ1) is 15.9. The number of nitrogens with two attached hydrogens (primary N) is 1. The number of hydrogen-bond donors (Lipinski definition) is 1. The summed E-state index contributed by atoms with van der Waals surface area (Å²) in [7, 11) is 1.54. The third-order valence-electron chi connectivity index (χ3n) is 3.14. The summed E-state index contributed by atoms with van der Waals surface area (Å²) < 4.78 is 6.32. The second kappa shape index (κ2) is 6.95. The predicted molar refractivity (Wildman–Crippen MR) is 89.8 cm³/mol. The maximum atomic E-state index is 12.7. The van der Waals surface area contributed by atoms with E-state index in [9.17, 15) is 4.79 Å². The molecule has 2 N–H and O–H groups in total. The van der Waals surface area contributed by atoms with E-state index in [1.807, 2.05) is 19.1 Å². The van der Waals surface area contributed by atoms with Crippen LogP contribution in [0.5, 0.6) is 5.75 Å². The van der Waals surface area contributed by atoms with E-state index in [2.05, 4.69) is 15.9 Å². The molecule has 1 aromatic carbocycles. The van der Waals surface area contributed by atoms with Crippen LogP contribution in [0.15, 0.2) is 34.1 Å².